The van der Waals surface area contributed by atoms with Crippen LogP contribution in [-0.4, -0.2) is 23.6 Å². The molecule has 0 aromatic heterocycles. The number of oxime groups is 1. The molecule has 0 heterocycles. The molecule has 0 fully saturated rings. The molecule has 0 aromatic rings. The second kappa shape index (κ2) is 9.18. The van der Waals surface area contributed by atoms with Gasteiger partial charge in [-0.25, -0.2) is 0 Å². The number of hydrogen-bond donors (Lipinski definition) is 3. The Kier molecular flexibility index (Phi) is 8.81. The van der Waals surface area contributed by atoms with Crippen LogP contribution in [0.3, 0.4) is 0 Å². The molecule has 0 bridgehead atoms. The molecule has 114 valence electrons. The van der Waals surface area contributed by atoms with Crippen LogP contribution in [0.5, 0.6) is 0 Å². The van der Waals surface area contributed by atoms with Gasteiger partial charge in [-0.2, -0.15) is 0 Å². The molecule has 0 saturated heterocycles. The average molecular weight is 271 g/mol. The first kappa shape index (κ1) is 18.2. The smallest absolute Gasteiger partial charge is 0.144 e. The van der Waals surface area contributed by atoms with E-state index in [1.54, 1.807) is 0 Å². The first-order valence-corrected chi connectivity index (χ1v) is 7.54. The molecule has 0 amide bonds. The minimum atomic E-state index is -0.211. The van der Waals surface area contributed by atoms with Gasteiger partial charge >= 0.3 is 0 Å². The van der Waals surface area contributed by atoms with Crippen molar-refractivity contribution in [2.75, 3.05) is 6.54 Å². The Morgan fingerprint density at radius 2 is 1.95 bits per heavy atom. The van der Waals surface area contributed by atoms with Crippen LogP contribution in [0, 0.1) is 11.3 Å². The van der Waals surface area contributed by atoms with Crippen LogP contribution in [0.4, 0.5) is 0 Å². The van der Waals surface area contributed by atoms with Gasteiger partial charge in [0.2, 0.25) is 0 Å². The number of nitrogens with zero attached hydrogens (tertiary/aromatic N) is 1. The summed E-state index contributed by atoms with van der Waals surface area (Å²) in [6.45, 7) is 11.9. The predicted molar refractivity (Wildman–Crippen MR) is 82.6 cm³/mol. The van der Waals surface area contributed by atoms with Gasteiger partial charge in [-0.05, 0) is 38.6 Å². The van der Waals surface area contributed by atoms with Gasteiger partial charge in [0.05, 0.1) is 0 Å². The van der Waals surface area contributed by atoms with Gasteiger partial charge in [0.1, 0.15) is 5.84 Å². The normalized spacial score (nSPS) is 16.4. The first-order chi connectivity index (χ1) is 8.83. The third kappa shape index (κ3) is 8.09. The van der Waals surface area contributed by atoms with E-state index in [1.165, 1.54) is 12.8 Å². The monoisotopic (exact) mass is 271 g/mol. The van der Waals surface area contributed by atoms with E-state index < -0.39 is 0 Å². The second-order valence-corrected chi connectivity index (χ2v) is 6.43. The maximum atomic E-state index is 8.70. The van der Waals surface area contributed by atoms with Gasteiger partial charge in [-0.15, -0.1) is 0 Å². The van der Waals surface area contributed by atoms with Crippen molar-refractivity contribution >= 4 is 5.84 Å². The van der Waals surface area contributed by atoms with Crippen molar-refractivity contribution in [1.29, 1.82) is 0 Å². The Labute approximate surface area is 118 Å². The fourth-order valence-corrected chi connectivity index (χ4v) is 2.16. The molecule has 0 saturated carbocycles. The van der Waals surface area contributed by atoms with Gasteiger partial charge in [-0.3, -0.25) is 0 Å². The minimum Gasteiger partial charge on any atom is -0.409 e. The average Bonchev–Trinajstić information content (AvgIpc) is 2.36. The number of rotatable bonds is 10. The van der Waals surface area contributed by atoms with Gasteiger partial charge in [0.15, 0.2) is 0 Å². The lowest BCUT2D eigenvalue weighted by Crippen LogP contribution is -2.32. The van der Waals surface area contributed by atoms with Crippen LogP contribution in [0.2, 0.25) is 0 Å². The summed E-state index contributed by atoms with van der Waals surface area (Å²) in [6, 6.07) is 0.590. The zero-order valence-electron chi connectivity index (χ0n) is 13.4. The topological polar surface area (TPSA) is 70.6 Å². The molecule has 2 unspecified atom stereocenters. The third-order valence-electron chi connectivity index (χ3n) is 3.98. The number of nitrogens with two attached hydrogens (primary N) is 1. The molecule has 4 N–H and O–H groups in total. The molecule has 0 aromatic carbocycles. The van der Waals surface area contributed by atoms with Crippen molar-refractivity contribution in [3.63, 3.8) is 0 Å². The molecule has 0 rings (SSSR count). The molecule has 19 heavy (non-hydrogen) atoms. The second-order valence-electron chi connectivity index (χ2n) is 6.43. The highest BCUT2D eigenvalue weighted by Crippen LogP contribution is 2.23. The van der Waals surface area contributed by atoms with E-state index in [4.69, 9.17) is 10.9 Å². The lowest BCUT2D eigenvalue weighted by atomic mass is 9.86. The molecular weight excluding hydrogens is 238 g/mol. The fraction of sp³-hybridized carbons (Fsp3) is 0.933. The maximum Gasteiger partial charge on any atom is 0.144 e. The molecule has 0 aliphatic carbocycles. The molecule has 0 radical (unpaired) electrons. The van der Waals surface area contributed by atoms with Crippen LogP contribution in [0.15, 0.2) is 5.16 Å². The number of unbranched alkanes of at least 4 members (excludes halogenated alkanes) is 1. The highest BCUT2D eigenvalue weighted by Gasteiger charge is 2.22. The van der Waals surface area contributed by atoms with Gasteiger partial charge in [0.25, 0.3) is 0 Å². The molecule has 4 nitrogen and oxygen atoms in total. The predicted octanol–water partition coefficient (Wildman–Crippen LogP) is 3.34. The van der Waals surface area contributed by atoms with E-state index in [9.17, 15) is 0 Å². The Hall–Kier alpha value is -0.770. The van der Waals surface area contributed by atoms with E-state index in [2.05, 4.69) is 31.2 Å². The summed E-state index contributed by atoms with van der Waals surface area (Å²) >= 11 is 0. The lowest BCUT2D eigenvalue weighted by molar-refractivity contribution is 0.304. The van der Waals surface area contributed by atoms with Crippen LogP contribution in [-0.2, 0) is 0 Å². The largest absolute Gasteiger partial charge is 0.409 e. The van der Waals surface area contributed by atoms with Gasteiger partial charge < -0.3 is 16.3 Å². The molecule has 2 atom stereocenters. The number of amidine groups is 1. The zero-order chi connectivity index (χ0) is 14.9. The lowest BCUT2D eigenvalue weighted by Gasteiger charge is -2.23. The van der Waals surface area contributed by atoms with Gasteiger partial charge in [-0.1, -0.05) is 45.7 Å². The van der Waals surface area contributed by atoms with Crippen molar-refractivity contribution in [2.45, 2.75) is 72.8 Å². The number of nitrogens with one attached hydrogen (secondary N) is 1. The summed E-state index contributed by atoms with van der Waals surface area (Å²) in [5.74, 6) is 1.12. The Morgan fingerprint density at radius 3 is 2.47 bits per heavy atom. The Morgan fingerprint density at radius 1 is 1.32 bits per heavy atom. The summed E-state index contributed by atoms with van der Waals surface area (Å²) in [4.78, 5) is 0. The standard InChI is InChI=1S/C15H33N3O/c1-6-12(2)11-13(3)17-10-8-7-9-15(4,5)14(16)18-19/h12-13,17,19H,6-11H2,1-5H3,(H2,16,18). The summed E-state index contributed by atoms with van der Waals surface area (Å²) in [6.07, 6.45) is 5.66. The zero-order valence-corrected chi connectivity index (χ0v) is 13.4. The van der Waals surface area contributed by atoms with Crippen molar-refractivity contribution in [2.24, 2.45) is 22.2 Å². The SMILES string of the molecule is CCC(C)CC(C)NCCCCC(C)(C)C(N)=NO. The van der Waals surface area contributed by atoms with Crippen molar-refractivity contribution in [1.82, 2.24) is 5.32 Å². The van der Waals surface area contributed by atoms with Crippen molar-refractivity contribution < 1.29 is 5.21 Å². The maximum absolute atomic E-state index is 8.70. The van der Waals surface area contributed by atoms with Crippen LogP contribution in [0.25, 0.3) is 0 Å². The first-order valence-electron chi connectivity index (χ1n) is 7.54. The summed E-state index contributed by atoms with van der Waals surface area (Å²) in [5, 5.41) is 15.4. The fourth-order valence-electron chi connectivity index (χ4n) is 2.16. The molecule has 4 heteroatoms. The van der Waals surface area contributed by atoms with Gasteiger partial charge in [0, 0.05) is 11.5 Å². The highest BCUT2D eigenvalue weighted by molar-refractivity contribution is 5.85. The van der Waals surface area contributed by atoms with Crippen LogP contribution < -0.4 is 11.1 Å². The molecule has 0 aliphatic rings. The van der Waals surface area contributed by atoms with E-state index in [0.717, 1.165) is 31.7 Å². The quantitative estimate of drug-likeness (QED) is 0.188. The van der Waals surface area contributed by atoms with E-state index in [-0.39, 0.29) is 5.41 Å². The van der Waals surface area contributed by atoms with Crippen molar-refractivity contribution in [3.05, 3.63) is 0 Å². The molecule has 0 spiro atoms. The van der Waals surface area contributed by atoms with E-state index in [0.29, 0.717) is 11.9 Å². The highest BCUT2D eigenvalue weighted by atomic mass is 16.4. The number of hydrogen-bond acceptors (Lipinski definition) is 3. The van der Waals surface area contributed by atoms with E-state index >= 15 is 0 Å². The Balaban J connectivity index is 3.71. The van der Waals surface area contributed by atoms with Crippen LogP contribution in [0.1, 0.15) is 66.7 Å². The Bertz CT molecular complexity index is 264. The third-order valence-corrected chi connectivity index (χ3v) is 3.98. The summed E-state index contributed by atoms with van der Waals surface area (Å²) < 4.78 is 0. The minimum absolute atomic E-state index is 0.211. The summed E-state index contributed by atoms with van der Waals surface area (Å²) in [5.41, 5.74) is 5.46. The van der Waals surface area contributed by atoms with Crippen molar-refractivity contribution in [3.8, 4) is 0 Å². The van der Waals surface area contributed by atoms with E-state index in [1.807, 2.05) is 13.8 Å². The molecule has 0 aliphatic heterocycles. The van der Waals surface area contributed by atoms with Crippen LogP contribution >= 0.6 is 0 Å². The molecular formula is C15H33N3O. The summed E-state index contributed by atoms with van der Waals surface area (Å²) in [7, 11) is 0.